The summed E-state index contributed by atoms with van der Waals surface area (Å²) in [4.78, 5) is 30.2. The van der Waals surface area contributed by atoms with Gasteiger partial charge in [0.05, 0.1) is 0 Å². The second kappa shape index (κ2) is 9.76. The molecule has 0 radical (unpaired) electrons. The number of likely N-dealkylation sites (tertiary alicyclic amines) is 1. The lowest BCUT2D eigenvalue weighted by Gasteiger charge is -2.36. The second-order valence-corrected chi connectivity index (χ2v) is 10.4. The van der Waals surface area contributed by atoms with E-state index >= 15 is 0 Å². The lowest BCUT2D eigenvalue weighted by Crippen LogP contribution is -2.52. The van der Waals surface area contributed by atoms with Crippen molar-refractivity contribution in [1.82, 2.24) is 9.47 Å². The van der Waals surface area contributed by atoms with Crippen LogP contribution in [0.5, 0.6) is 0 Å². The molecule has 1 amide bonds. The van der Waals surface area contributed by atoms with E-state index < -0.39 is 5.41 Å². The lowest BCUT2D eigenvalue weighted by molar-refractivity contribution is -0.141. The van der Waals surface area contributed by atoms with Crippen LogP contribution in [0.2, 0.25) is 10.0 Å². The highest BCUT2D eigenvalue weighted by Crippen LogP contribution is 2.41. The van der Waals surface area contributed by atoms with E-state index in [4.69, 9.17) is 23.2 Å². The van der Waals surface area contributed by atoms with Gasteiger partial charge in [-0.05, 0) is 53.4 Å². The summed E-state index contributed by atoms with van der Waals surface area (Å²) in [6.07, 6.45) is 3.24. The van der Waals surface area contributed by atoms with Gasteiger partial charge in [-0.25, -0.2) is 0 Å². The molecule has 5 rings (SSSR count). The molecule has 1 fully saturated rings. The van der Waals surface area contributed by atoms with Gasteiger partial charge in [0.15, 0.2) is 11.2 Å². The van der Waals surface area contributed by atoms with Gasteiger partial charge in [-0.2, -0.15) is 0 Å². The zero-order valence-electron chi connectivity index (χ0n) is 20.4. The Morgan fingerprint density at radius 2 is 1.50 bits per heavy atom. The number of nitrogens with zero attached hydrogens (tertiary/aromatic N) is 2. The normalized spacial score (nSPS) is 16.0. The van der Waals surface area contributed by atoms with Gasteiger partial charge in [0.25, 0.3) is 0 Å². The van der Waals surface area contributed by atoms with Crippen molar-refractivity contribution in [3.8, 4) is 0 Å². The zero-order valence-corrected chi connectivity index (χ0v) is 21.9. The number of Topliss-reactive ketones (excluding diaryl/α,β-unsaturated/α-hetero) is 1. The molecule has 1 unspecified atom stereocenters. The van der Waals surface area contributed by atoms with Gasteiger partial charge in [0.1, 0.15) is 0 Å². The molecule has 0 aliphatic carbocycles. The second-order valence-electron chi connectivity index (χ2n) is 9.49. The highest BCUT2D eigenvalue weighted by molar-refractivity contribution is 6.31. The third-order valence-corrected chi connectivity index (χ3v) is 7.96. The Bertz CT molecular complexity index is 1380. The first kappa shape index (κ1) is 24.6. The summed E-state index contributed by atoms with van der Waals surface area (Å²) in [6.45, 7) is 2.96. The van der Waals surface area contributed by atoms with Crippen molar-refractivity contribution in [2.75, 3.05) is 13.1 Å². The third kappa shape index (κ3) is 4.03. The molecule has 184 valence electrons. The first-order valence-electron chi connectivity index (χ1n) is 12.2. The summed E-state index contributed by atoms with van der Waals surface area (Å²) in [5.41, 5.74) is 2.21. The Balaban J connectivity index is 1.59. The molecule has 36 heavy (non-hydrogen) atoms. The molecular formula is C30H28Cl2N2O2. The minimum atomic E-state index is -1.46. The van der Waals surface area contributed by atoms with Gasteiger partial charge in [0.2, 0.25) is 5.91 Å². The minimum Gasteiger partial charge on any atom is -0.350 e. The van der Waals surface area contributed by atoms with Crippen LogP contribution in [0.15, 0.2) is 79.0 Å². The fourth-order valence-electron chi connectivity index (χ4n) is 5.65. The number of para-hydroxylation sites is 1. The molecule has 4 nitrogen and oxygen atoms in total. The van der Waals surface area contributed by atoms with E-state index in [-0.39, 0.29) is 24.0 Å². The molecule has 0 spiro atoms. The van der Waals surface area contributed by atoms with E-state index in [1.165, 1.54) is 16.5 Å². The highest BCUT2D eigenvalue weighted by atomic mass is 35.5. The Hall–Kier alpha value is -3.08. The predicted octanol–water partition coefficient (Wildman–Crippen LogP) is 6.77. The smallest absolute Gasteiger partial charge is 0.245 e. The number of rotatable bonds is 6. The van der Waals surface area contributed by atoms with Crippen LogP contribution in [0.1, 0.15) is 42.4 Å². The third-order valence-electron chi connectivity index (χ3n) is 7.46. The maximum absolute atomic E-state index is 14.5. The average molecular weight is 519 g/mol. The molecule has 1 aliphatic rings. The Labute approximate surface area is 221 Å². The number of fused-ring (bicyclic) bond motifs is 1. The van der Waals surface area contributed by atoms with Crippen molar-refractivity contribution >= 4 is 45.8 Å². The molecule has 2 heterocycles. The van der Waals surface area contributed by atoms with Crippen LogP contribution in [-0.2, 0) is 22.1 Å². The molecule has 0 bridgehead atoms. The summed E-state index contributed by atoms with van der Waals surface area (Å²) >= 11 is 12.4. The van der Waals surface area contributed by atoms with Crippen LogP contribution in [0.3, 0.4) is 0 Å². The fraction of sp³-hybridized carbons (Fsp3) is 0.267. The van der Waals surface area contributed by atoms with Crippen molar-refractivity contribution in [1.29, 1.82) is 0 Å². The number of carbonyl (C=O) groups is 2. The summed E-state index contributed by atoms with van der Waals surface area (Å²) in [6, 6.07) is 22.5. The SMILES string of the molecule is CCC(=O)C(C(=O)N1CCC(c2cn(C)c3ccccc23)C1)(c1ccc(Cl)cc1)c1ccc(Cl)cc1. The Morgan fingerprint density at radius 1 is 0.917 bits per heavy atom. The molecular weight excluding hydrogens is 491 g/mol. The molecule has 1 atom stereocenters. The molecule has 1 aromatic heterocycles. The van der Waals surface area contributed by atoms with E-state index in [1.54, 1.807) is 55.5 Å². The minimum absolute atomic E-state index is 0.147. The van der Waals surface area contributed by atoms with Crippen LogP contribution in [-0.4, -0.2) is 34.2 Å². The number of carbonyl (C=O) groups excluding carboxylic acids is 2. The highest BCUT2D eigenvalue weighted by Gasteiger charge is 2.51. The van der Waals surface area contributed by atoms with E-state index in [0.29, 0.717) is 34.3 Å². The number of benzene rings is 3. The van der Waals surface area contributed by atoms with Gasteiger partial charge in [-0.1, -0.05) is 72.6 Å². The van der Waals surface area contributed by atoms with E-state index in [9.17, 15) is 9.59 Å². The summed E-state index contributed by atoms with van der Waals surface area (Å²) in [7, 11) is 2.05. The van der Waals surface area contributed by atoms with Crippen LogP contribution < -0.4 is 0 Å². The van der Waals surface area contributed by atoms with Gasteiger partial charge >= 0.3 is 0 Å². The molecule has 1 saturated heterocycles. The van der Waals surface area contributed by atoms with Crippen LogP contribution in [0, 0.1) is 0 Å². The predicted molar refractivity (Wildman–Crippen MR) is 146 cm³/mol. The largest absolute Gasteiger partial charge is 0.350 e. The maximum Gasteiger partial charge on any atom is 0.245 e. The Morgan fingerprint density at radius 3 is 2.08 bits per heavy atom. The molecule has 0 N–H and O–H groups in total. The number of aromatic nitrogens is 1. The van der Waals surface area contributed by atoms with Gasteiger partial charge < -0.3 is 9.47 Å². The van der Waals surface area contributed by atoms with Crippen LogP contribution in [0.25, 0.3) is 10.9 Å². The average Bonchev–Trinajstić information content (AvgIpc) is 3.51. The number of hydrogen-bond donors (Lipinski definition) is 0. The van der Waals surface area contributed by atoms with Crippen molar-refractivity contribution in [3.05, 3.63) is 106 Å². The van der Waals surface area contributed by atoms with E-state index in [1.807, 2.05) is 11.0 Å². The van der Waals surface area contributed by atoms with E-state index in [0.717, 1.165) is 6.42 Å². The first-order valence-corrected chi connectivity index (χ1v) is 13.0. The number of amides is 1. The quantitative estimate of drug-likeness (QED) is 0.264. The van der Waals surface area contributed by atoms with Gasteiger partial charge in [0, 0.05) is 59.6 Å². The van der Waals surface area contributed by atoms with Crippen LogP contribution >= 0.6 is 23.2 Å². The number of halogens is 2. The van der Waals surface area contributed by atoms with Gasteiger partial charge in [-0.15, -0.1) is 0 Å². The molecule has 1 aliphatic heterocycles. The Kier molecular flexibility index (Phi) is 6.67. The molecule has 6 heteroatoms. The maximum atomic E-state index is 14.5. The van der Waals surface area contributed by atoms with Gasteiger partial charge in [-0.3, -0.25) is 9.59 Å². The van der Waals surface area contributed by atoms with Crippen molar-refractivity contribution in [3.63, 3.8) is 0 Å². The number of aryl methyl sites for hydroxylation is 1. The number of hydrogen-bond acceptors (Lipinski definition) is 2. The lowest BCUT2D eigenvalue weighted by atomic mass is 9.69. The van der Waals surface area contributed by atoms with Crippen LogP contribution in [0.4, 0.5) is 0 Å². The van der Waals surface area contributed by atoms with Crippen molar-refractivity contribution in [2.24, 2.45) is 7.05 Å². The summed E-state index contributed by atoms with van der Waals surface area (Å²) < 4.78 is 2.14. The molecule has 0 saturated carbocycles. The first-order chi connectivity index (χ1) is 17.4. The summed E-state index contributed by atoms with van der Waals surface area (Å²) in [5.74, 6) is -0.141. The monoisotopic (exact) mass is 518 g/mol. The van der Waals surface area contributed by atoms with Crippen molar-refractivity contribution < 1.29 is 9.59 Å². The molecule has 3 aromatic carbocycles. The van der Waals surface area contributed by atoms with E-state index in [2.05, 4.69) is 36.0 Å². The topological polar surface area (TPSA) is 42.3 Å². The molecule has 4 aromatic rings. The zero-order chi connectivity index (χ0) is 25.4. The summed E-state index contributed by atoms with van der Waals surface area (Å²) in [5, 5.41) is 2.32. The number of ketones is 1. The standard InChI is InChI=1S/C30H28Cl2N2O2/c1-3-28(35)30(21-8-12-23(31)13-9-21,22-10-14-24(32)15-11-22)29(36)34-17-16-20(18-34)26-19-33(2)27-7-5-4-6-25(26)27/h4-15,19-20H,3,16-18H2,1-2H3. The fourth-order valence-corrected chi connectivity index (χ4v) is 5.91. The van der Waals surface area contributed by atoms with Crippen molar-refractivity contribution in [2.45, 2.75) is 31.1 Å².